The Balaban J connectivity index is 1.48. The van der Waals surface area contributed by atoms with Crippen LogP contribution in [0.2, 0.25) is 0 Å². The molecule has 0 saturated carbocycles. The Morgan fingerprint density at radius 2 is 2.00 bits per heavy atom. The van der Waals surface area contributed by atoms with E-state index in [2.05, 4.69) is 16.8 Å². The Bertz CT molecular complexity index is 1010. The van der Waals surface area contributed by atoms with Crippen molar-refractivity contribution in [1.82, 2.24) is 15.8 Å². The van der Waals surface area contributed by atoms with E-state index in [1.165, 1.54) is 12.7 Å². The van der Waals surface area contributed by atoms with E-state index in [-0.39, 0.29) is 6.54 Å². The number of anilines is 1. The summed E-state index contributed by atoms with van der Waals surface area (Å²) in [5.74, 6) is -0.403. The van der Waals surface area contributed by atoms with Gasteiger partial charge in [0.25, 0.3) is 11.8 Å². The van der Waals surface area contributed by atoms with Crippen LogP contribution in [0.1, 0.15) is 24.5 Å². The first kappa shape index (κ1) is 19.8. The molecule has 2 heterocycles. The third-order valence-corrected chi connectivity index (χ3v) is 5.62. The summed E-state index contributed by atoms with van der Waals surface area (Å²) in [6, 6.07) is 14.2. The van der Waals surface area contributed by atoms with Gasteiger partial charge >= 0.3 is 6.03 Å². The van der Waals surface area contributed by atoms with Crippen molar-refractivity contribution in [2.75, 3.05) is 25.1 Å². The second-order valence-electron chi connectivity index (χ2n) is 7.62. The second kappa shape index (κ2) is 7.70. The van der Waals surface area contributed by atoms with Gasteiger partial charge in [0.1, 0.15) is 11.3 Å². The van der Waals surface area contributed by atoms with Crippen LogP contribution in [0.4, 0.5) is 10.5 Å². The number of amides is 4. The number of benzene rings is 2. The number of ether oxygens (including phenoxy) is 1. The zero-order valence-corrected chi connectivity index (χ0v) is 17.0. The van der Waals surface area contributed by atoms with E-state index in [0.29, 0.717) is 11.3 Å². The standard InChI is InChI=1S/C22H24N4O4/c1-22(16-9-5-10-17(13-16)30-2)20(28)26(21(29)23-22)24-19(27)14-25-12-6-8-15-7-3-4-11-18(15)25/h3-5,7,9-11,13H,6,8,12,14H2,1-2H3,(H,23,29)(H,24,27)/t22-/m1/s1. The lowest BCUT2D eigenvalue weighted by molar-refractivity contribution is -0.138. The number of urea groups is 1. The Kier molecular flexibility index (Phi) is 5.07. The highest BCUT2D eigenvalue weighted by Crippen LogP contribution is 2.30. The number of methoxy groups -OCH3 is 1. The van der Waals surface area contributed by atoms with Gasteiger partial charge in [0.05, 0.1) is 13.7 Å². The number of imide groups is 1. The molecule has 2 aromatic carbocycles. The number of aryl methyl sites for hydroxylation is 1. The van der Waals surface area contributed by atoms with Crippen molar-refractivity contribution in [2.45, 2.75) is 25.3 Å². The number of nitrogens with one attached hydrogen (secondary N) is 2. The van der Waals surface area contributed by atoms with Gasteiger partial charge in [0, 0.05) is 12.2 Å². The Morgan fingerprint density at radius 3 is 2.80 bits per heavy atom. The van der Waals surface area contributed by atoms with E-state index in [9.17, 15) is 14.4 Å². The maximum Gasteiger partial charge on any atom is 0.344 e. The second-order valence-corrected chi connectivity index (χ2v) is 7.62. The molecule has 0 aromatic heterocycles. The highest BCUT2D eigenvalue weighted by atomic mass is 16.5. The van der Waals surface area contributed by atoms with E-state index in [4.69, 9.17) is 4.74 Å². The average molecular weight is 408 g/mol. The molecule has 30 heavy (non-hydrogen) atoms. The van der Waals surface area contributed by atoms with Crippen molar-refractivity contribution < 1.29 is 19.1 Å². The third-order valence-electron chi connectivity index (χ3n) is 5.62. The molecule has 2 aliphatic heterocycles. The van der Waals surface area contributed by atoms with Crippen molar-refractivity contribution in [3.8, 4) is 5.75 Å². The maximum absolute atomic E-state index is 13.0. The molecule has 4 rings (SSSR count). The summed E-state index contributed by atoms with van der Waals surface area (Å²) in [4.78, 5) is 40.2. The van der Waals surface area contributed by atoms with Gasteiger partial charge in [-0.2, -0.15) is 5.01 Å². The largest absolute Gasteiger partial charge is 0.497 e. The summed E-state index contributed by atoms with van der Waals surface area (Å²) in [6.07, 6.45) is 1.92. The van der Waals surface area contributed by atoms with Gasteiger partial charge in [-0.1, -0.05) is 30.3 Å². The summed E-state index contributed by atoms with van der Waals surface area (Å²) in [5, 5.41) is 3.44. The number of nitrogens with zero attached hydrogens (tertiary/aromatic N) is 2. The molecular formula is C22H24N4O4. The summed E-state index contributed by atoms with van der Waals surface area (Å²) in [5.41, 5.74) is 3.95. The lowest BCUT2D eigenvalue weighted by Gasteiger charge is -2.31. The molecule has 0 radical (unpaired) electrons. The monoisotopic (exact) mass is 408 g/mol. The molecule has 0 aliphatic carbocycles. The van der Waals surface area contributed by atoms with E-state index in [1.807, 2.05) is 23.1 Å². The minimum Gasteiger partial charge on any atom is -0.497 e. The third kappa shape index (κ3) is 3.45. The molecule has 1 atom stereocenters. The van der Waals surface area contributed by atoms with E-state index >= 15 is 0 Å². The molecule has 1 fully saturated rings. The zero-order chi connectivity index (χ0) is 21.3. The Morgan fingerprint density at radius 1 is 1.20 bits per heavy atom. The predicted octanol–water partition coefficient (Wildman–Crippen LogP) is 1.95. The first-order valence-electron chi connectivity index (χ1n) is 9.86. The lowest BCUT2D eigenvalue weighted by atomic mass is 9.92. The molecule has 156 valence electrons. The number of fused-ring (bicyclic) bond motifs is 1. The van der Waals surface area contributed by atoms with E-state index in [1.54, 1.807) is 31.2 Å². The fourth-order valence-corrected chi connectivity index (χ4v) is 3.98. The topological polar surface area (TPSA) is 91.0 Å². The van der Waals surface area contributed by atoms with Crippen LogP contribution in [-0.4, -0.2) is 43.1 Å². The molecule has 8 nitrogen and oxygen atoms in total. The van der Waals surface area contributed by atoms with Gasteiger partial charge in [-0.3, -0.25) is 15.0 Å². The van der Waals surface area contributed by atoms with Crippen molar-refractivity contribution >= 4 is 23.5 Å². The van der Waals surface area contributed by atoms with Crippen LogP contribution in [-0.2, 0) is 21.5 Å². The van der Waals surface area contributed by atoms with Gasteiger partial charge < -0.3 is 15.0 Å². The van der Waals surface area contributed by atoms with Crippen LogP contribution in [0.15, 0.2) is 48.5 Å². The number of para-hydroxylation sites is 1. The number of rotatable bonds is 5. The molecule has 0 unspecified atom stereocenters. The quantitative estimate of drug-likeness (QED) is 0.738. The lowest BCUT2D eigenvalue weighted by Crippen LogP contribution is -2.51. The maximum atomic E-state index is 13.0. The molecule has 4 amide bonds. The normalized spacial score (nSPS) is 20.6. The van der Waals surface area contributed by atoms with Crippen LogP contribution < -0.4 is 20.4 Å². The molecule has 8 heteroatoms. The fraction of sp³-hybridized carbons (Fsp3) is 0.318. The SMILES string of the molecule is COc1cccc([C@@]2(C)NC(=O)N(NC(=O)CN3CCCc4ccccc43)C2=O)c1. The molecule has 1 saturated heterocycles. The Hall–Kier alpha value is -3.55. The molecule has 0 spiro atoms. The first-order chi connectivity index (χ1) is 14.4. The van der Waals surface area contributed by atoms with Crippen LogP contribution in [0.25, 0.3) is 0 Å². The number of carbonyl (C=O) groups is 3. The minimum atomic E-state index is -1.30. The fourth-order valence-electron chi connectivity index (χ4n) is 3.98. The van der Waals surface area contributed by atoms with Crippen molar-refractivity contribution in [1.29, 1.82) is 0 Å². The molecule has 2 N–H and O–H groups in total. The highest BCUT2D eigenvalue weighted by molar-refractivity contribution is 6.08. The first-order valence-corrected chi connectivity index (χ1v) is 9.86. The van der Waals surface area contributed by atoms with Gasteiger partial charge in [-0.25, -0.2) is 4.79 Å². The number of hydrazine groups is 1. The van der Waals surface area contributed by atoms with Crippen LogP contribution in [0.3, 0.4) is 0 Å². The summed E-state index contributed by atoms with van der Waals surface area (Å²) < 4.78 is 5.21. The average Bonchev–Trinajstić information content (AvgIpc) is 2.98. The van der Waals surface area contributed by atoms with E-state index in [0.717, 1.165) is 30.1 Å². The molecule has 2 aliphatic rings. The molecule has 2 aromatic rings. The Labute approximate surface area is 174 Å². The van der Waals surface area contributed by atoms with Crippen molar-refractivity contribution in [3.63, 3.8) is 0 Å². The van der Waals surface area contributed by atoms with Crippen LogP contribution >= 0.6 is 0 Å². The summed E-state index contributed by atoms with van der Waals surface area (Å²) in [7, 11) is 1.53. The van der Waals surface area contributed by atoms with Gasteiger partial charge in [-0.15, -0.1) is 0 Å². The minimum absolute atomic E-state index is 0.0595. The highest BCUT2D eigenvalue weighted by Gasteiger charge is 2.50. The van der Waals surface area contributed by atoms with Gasteiger partial charge in [0.2, 0.25) is 0 Å². The van der Waals surface area contributed by atoms with Crippen LogP contribution in [0, 0.1) is 0 Å². The predicted molar refractivity (Wildman–Crippen MR) is 111 cm³/mol. The smallest absolute Gasteiger partial charge is 0.344 e. The van der Waals surface area contributed by atoms with Gasteiger partial charge in [-0.05, 0) is 49.1 Å². The molecular weight excluding hydrogens is 384 g/mol. The number of carbonyl (C=O) groups excluding carboxylic acids is 3. The van der Waals surface area contributed by atoms with Crippen molar-refractivity contribution in [2.24, 2.45) is 0 Å². The van der Waals surface area contributed by atoms with Gasteiger partial charge in [0.15, 0.2) is 0 Å². The number of hydrogen-bond donors (Lipinski definition) is 2. The summed E-state index contributed by atoms with van der Waals surface area (Å²) in [6.45, 7) is 2.41. The van der Waals surface area contributed by atoms with E-state index < -0.39 is 23.4 Å². The number of hydrogen-bond acceptors (Lipinski definition) is 5. The van der Waals surface area contributed by atoms with Crippen LogP contribution in [0.5, 0.6) is 5.75 Å². The molecule has 0 bridgehead atoms. The van der Waals surface area contributed by atoms with Crippen molar-refractivity contribution in [3.05, 3.63) is 59.7 Å². The summed E-state index contributed by atoms with van der Waals surface area (Å²) >= 11 is 0. The zero-order valence-electron chi connectivity index (χ0n) is 17.0.